The van der Waals surface area contributed by atoms with Crippen LogP contribution in [0.3, 0.4) is 0 Å². The first kappa shape index (κ1) is 15.3. The van der Waals surface area contributed by atoms with Crippen LogP contribution in [0.25, 0.3) is 0 Å². The van der Waals surface area contributed by atoms with Crippen molar-refractivity contribution in [3.8, 4) is 5.75 Å². The average Bonchev–Trinajstić information content (AvgIpc) is 2.93. The van der Waals surface area contributed by atoms with Gasteiger partial charge in [0.15, 0.2) is 0 Å². The lowest BCUT2D eigenvalue weighted by atomic mass is 9.98. The van der Waals surface area contributed by atoms with Gasteiger partial charge in [-0.05, 0) is 50.3 Å². The highest BCUT2D eigenvalue weighted by Gasteiger charge is 2.26. The summed E-state index contributed by atoms with van der Waals surface area (Å²) in [6.07, 6.45) is 2.74. The molecule has 3 atom stereocenters. The fraction of sp³-hybridized carbons (Fsp3) is 0.647. The van der Waals surface area contributed by atoms with E-state index in [0.29, 0.717) is 24.7 Å². The van der Waals surface area contributed by atoms with E-state index in [1.807, 2.05) is 19.1 Å². The summed E-state index contributed by atoms with van der Waals surface area (Å²) in [6.45, 7) is 9.10. The lowest BCUT2D eigenvalue weighted by Gasteiger charge is -2.21. The van der Waals surface area contributed by atoms with Crippen molar-refractivity contribution in [2.45, 2.75) is 45.8 Å². The van der Waals surface area contributed by atoms with E-state index in [9.17, 15) is 0 Å². The summed E-state index contributed by atoms with van der Waals surface area (Å²) in [4.78, 5) is 0. The highest BCUT2D eigenvalue weighted by Crippen LogP contribution is 2.24. The third-order valence-electron chi connectivity index (χ3n) is 4.13. The fourth-order valence-corrected chi connectivity index (χ4v) is 2.84. The van der Waals surface area contributed by atoms with Crippen LogP contribution in [-0.2, 0) is 4.74 Å². The van der Waals surface area contributed by atoms with Gasteiger partial charge in [0.05, 0.1) is 12.7 Å². The molecule has 1 aromatic rings. The lowest BCUT2D eigenvalue weighted by Crippen LogP contribution is -2.30. The molecule has 112 valence electrons. The van der Waals surface area contributed by atoms with Crippen LogP contribution in [0.2, 0.25) is 0 Å². The highest BCUT2D eigenvalue weighted by molar-refractivity contribution is 5.28. The summed E-state index contributed by atoms with van der Waals surface area (Å²) >= 11 is 0. The number of nitrogens with one attached hydrogen (secondary N) is 1. The number of benzene rings is 1. The molecule has 0 aliphatic carbocycles. The van der Waals surface area contributed by atoms with Gasteiger partial charge in [0.2, 0.25) is 0 Å². The maximum absolute atomic E-state index is 5.74. The minimum absolute atomic E-state index is 0.365. The highest BCUT2D eigenvalue weighted by atomic mass is 16.5. The average molecular weight is 277 g/mol. The van der Waals surface area contributed by atoms with Crippen molar-refractivity contribution in [3.05, 3.63) is 29.8 Å². The van der Waals surface area contributed by atoms with Crippen molar-refractivity contribution in [1.82, 2.24) is 5.32 Å². The van der Waals surface area contributed by atoms with Crippen molar-refractivity contribution < 1.29 is 9.47 Å². The van der Waals surface area contributed by atoms with Crippen LogP contribution in [-0.4, -0.2) is 25.9 Å². The molecule has 0 spiro atoms. The third kappa shape index (κ3) is 3.97. The molecular weight excluding hydrogens is 250 g/mol. The summed E-state index contributed by atoms with van der Waals surface area (Å²) in [5.41, 5.74) is 1.31. The molecule has 0 amide bonds. The molecular formula is C17H27NO2. The van der Waals surface area contributed by atoms with E-state index in [4.69, 9.17) is 9.47 Å². The summed E-state index contributed by atoms with van der Waals surface area (Å²) < 4.78 is 11.2. The lowest BCUT2D eigenvalue weighted by molar-refractivity contribution is 0.0867. The second kappa shape index (κ2) is 7.65. The van der Waals surface area contributed by atoms with Crippen LogP contribution in [0.5, 0.6) is 5.75 Å². The molecule has 2 rings (SSSR count). The summed E-state index contributed by atoms with van der Waals surface area (Å²) in [6, 6.07) is 8.74. The molecule has 1 aliphatic rings. The Kier molecular flexibility index (Phi) is 5.86. The molecule has 1 saturated heterocycles. The number of hydrogen-bond donors (Lipinski definition) is 1. The monoisotopic (exact) mass is 277 g/mol. The van der Waals surface area contributed by atoms with Gasteiger partial charge >= 0.3 is 0 Å². The maximum atomic E-state index is 5.74. The van der Waals surface area contributed by atoms with Crippen molar-refractivity contribution in [1.29, 1.82) is 0 Å². The van der Waals surface area contributed by atoms with E-state index in [1.165, 1.54) is 12.0 Å². The van der Waals surface area contributed by atoms with Crippen LogP contribution >= 0.6 is 0 Å². The Morgan fingerprint density at radius 3 is 2.70 bits per heavy atom. The number of rotatable bonds is 7. The molecule has 3 heteroatoms. The van der Waals surface area contributed by atoms with Crippen molar-refractivity contribution >= 4 is 0 Å². The van der Waals surface area contributed by atoms with Crippen LogP contribution in [0.4, 0.5) is 0 Å². The summed E-state index contributed by atoms with van der Waals surface area (Å²) in [7, 11) is 0. The Hall–Kier alpha value is -1.06. The minimum atomic E-state index is 0.365. The zero-order valence-corrected chi connectivity index (χ0v) is 12.9. The van der Waals surface area contributed by atoms with E-state index in [0.717, 1.165) is 25.3 Å². The SMILES string of the molecule is CCOc1ccc(C(C)NCC2CCOC2CC)cc1. The quantitative estimate of drug-likeness (QED) is 0.826. The minimum Gasteiger partial charge on any atom is -0.494 e. The molecule has 1 fully saturated rings. The van der Waals surface area contributed by atoms with E-state index < -0.39 is 0 Å². The molecule has 0 saturated carbocycles. The number of ether oxygens (including phenoxy) is 2. The normalized spacial score (nSPS) is 23.8. The van der Waals surface area contributed by atoms with Crippen molar-refractivity contribution in [2.24, 2.45) is 5.92 Å². The van der Waals surface area contributed by atoms with Crippen molar-refractivity contribution in [3.63, 3.8) is 0 Å². The topological polar surface area (TPSA) is 30.5 Å². The first-order chi connectivity index (χ1) is 9.74. The first-order valence-electron chi connectivity index (χ1n) is 7.82. The molecule has 0 bridgehead atoms. The van der Waals surface area contributed by atoms with Gasteiger partial charge in [-0.15, -0.1) is 0 Å². The van der Waals surface area contributed by atoms with Gasteiger partial charge < -0.3 is 14.8 Å². The van der Waals surface area contributed by atoms with Gasteiger partial charge in [0, 0.05) is 19.2 Å². The standard InChI is InChI=1S/C17H27NO2/c1-4-17-15(10-11-20-17)12-18-13(3)14-6-8-16(9-7-14)19-5-2/h6-9,13,15,17-18H,4-5,10-12H2,1-3H3. The van der Waals surface area contributed by atoms with E-state index >= 15 is 0 Å². The second-order valence-electron chi connectivity index (χ2n) is 5.50. The molecule has 0 aromatic heterocycles. The van der Waals surface area contributed by atoms with Gasteiger partial charge in [-0.25, -0.2) is 0 Å². The Morgan fingerprint density at radius 1 is 1.30 bits per heavy atom. The Bertz CT molecular complexity index is 390. The smallest absolute Gasteiger partial charge is 0.119 e. The summed E-state index contributed by atoms with van der Waals surface area (Å²) in [5, 5.41) is 3.64. The molecule has 0 radical (unpaired) electrons. The molecule has 3 nitrogen and oxygen atoms in total. The molecule has 1 N–H and O–H groups in total. The zero-order chi connectivity index (χ0) is 14.4. The summed E-state index contributed by atoms with van der Waals surface area (Å²) in [5.74, 6) is 1.60. The zero-order valence-electron chi connectivity index (χ0n) is 12.9. The predicted molar refractivity (Wildman–Crippen MR) is 82.2 cm³/mol. The Labute approximate surface area is 122 Å². The van der Waals surface area contributed by atoms with Gasteiger partial charge in [-0.3, -0.25) is 0 Å². The Morgan fingerprint density at radius 2 is 2.05 bits per heavy atom. The molecule has 20 heavy (non-hydrogen) atoms. The van der Waals surface area contributed by atoms with Gasteiger partial charge in [0.25, 0.3) is 0 Å². The van der Waals surface area contributed by atoms with E-state index in [2.05, 4.69) is 31.3 Å². The molecule has 1 heterocycles. The predicted octanol–water partition coefficient (Wildman–Crippen LogP) is 3.55. The van der Waals surface area contributed by atoms with Gasteiger partial charge in [-0.2, -0.15) is 0 Å². The van der Waals surface area contributed by atoms with Crippen LogP contribution in [0.1, 0.15) is 45.2 Å². The van der Waals surface area contributed by atoms with Gasteiger partial charge in [0.1, 0.15) is 5.75 Å². The van der Waals surface area contributed by atoms with Crippen LogP contribution < -0.4 is 10.1 Å². The maximum Gasteiger partial charge on any atom is 0.119 e. The van der Waals surface area contributed by atoms with Crippen LogP contribution in [0, 0.1) is 5.92 Å². The van der Waals surface area contributed by atoms with E-state index in [1.54, 1.807) is 0 Å². The third-order valence-corrected chi connectivity index (χ3v) is 4.13. The fourth-order valence-electron chi connectivity index (χ4n) is 2.84. The molecule has 1 aromatic carbocycles. The van der Waals surface area contributed by atoms with Crippen LogP contribution in [0.15, 0.2) is 24.3 Å². The van der Waals surface area contributed by atoms with E-state index in [-0.39, 0.29) is 0 Å². The van der Waals surface area contributed by atoms with Crippen molar-refractivity contribution in [2.75, 3.05) is 19.8 Å². The number of hydrogen-bond acceptors (Lipinski definition) is 3. The molecule has 3 unspecified atom stereocenters. The molecule has 1 aliphatic heterocycles. The largest absolute Gasteiger partial charge is 0.494 e. The Balaban J connectivity index is 1.83. The second-order valence-corrected chi connectivity index (χ2v) is 5.50. The van der Waals surface area contributed by atoms with Gasteiger partial charge in [-0.1, -0.05) is 19.1 Å². The first-order valence-corrected chi connectivity index (χ1v) is 7.82.